The molecule has 3 atom stereocenters. The molecule has 1 aliphatic carbocycles. The maximum Gasteiger partial charge on any atom is 0.249 e. The van der Waals surface area contributed by atoms with Crippen LogP contribution in [0.3, 0.4) is 0 Å². The Morgan fingerprint density at radius 2 is 2.04 bits per heavy atom. The normalized spacial score (nSPS) is 30.1. The predicted molar refractivity (Wildman–Crippen MR) is 81.4 cm³/mol. The Morgan fingerprint density at radius 1 is 1.26 bits per heavy atom. The fourth-order valence-electron chi connectivity index (χ4n) is 3.50. The van der Waals surface area contributed by atoms with E-state index in [-0.39, 0.29) is 24.2 Å². The average Bonchev–Trinajstić information content (AvgIpc) is 3.31. The standard InChI is InChI=1S/C16H21FN4O2/c17-11-8-19-16(20-9-11)21-6-5-13-12(21)3-4-14(23-13)15(22)18-7-10-1-2-10/h8-10,12-14H,1-7H2,(H,18,22)/t12-,13-,14+/m1/s1. The van der Waals surface area contributed by atoms with Gasteiger partial charge in [0.2, 0.25) is 11.9 Å². The molecule has 7 heteroatoms. The van der Waals surface area contributed by atoms with E-state index in [1.165, 1.54) is 25.2 Å². The number of rotatable bonds is 4. The number of carbonyl (C=O) groups is 1. The van der Waals surface area contributed by atoms with Gasteiger partial charge in [-0.05, 0) is 38.0 Å². The van der Waals surface area contributed by atoms with E-state index in [0.717, 1.165) is 25.9 Å². The molecule has 1 aromatic rings. The molecule has 3 aliphatic rings. The average molecular weight is 320 g/mol. The lowest BCUT2D eigenvalue weighted by Gasteiger charge is -2.35. The number of hydrogen-bond acceptors (Lipinski definition) is 5. The van der Waals surface area contributed by atoms with Crippen LogP contribution >= 0.6 is 0 Å². The van der Waals surface area contributed by atoms with Crippen molar-refractivity contribution in [2.45, 2.75) is 50.4 Å². The van der Waals surface area contributed by atoms with Gasteiger partial charge in [-0.25, -0.2) is 14.4 Å². The number of nitrogens with one attached hydrogen (secondary N) is 1. The fraction of sp³-hybridized carbons (Fsp3) is 0.688. The van der Waals surface area contributed by atoms with E-state index in [9.17, 15) is 9.18 Å². The van der Waals surface area contributed by atoms with Crippen LogP contribution in [0.5, 0.6) is 0 Å². The number of halogens is 1. The summed E-state index contributed by atoms with van der Waals surface area (Å²) in [4.78, 5) is 22.4. The smallest absolute Gasteiger partial charge is 0.249 e. The minimum Gasteiger partial charge on any atom is -0.363 e. The quantitative estimate of drug-likeness (QED) is 0.905. The van der Waals surface area contributed by atoms with Crippen molar-refractivity contribution in [2.75, 3.05) is 18.0 Å². The van der Waals surface area contributed by atoms with Crippen molar-refractivity contribution in [3.63, 3.8) is 0 Å². The molecule has 6 nitrogen and oxygen atoms in total. The first-order chi connectivity index (χ1) is 11.2. The minimum atomic E-state index is -0.434. The molecular weight excluding hydrogens is 299 g/mol. The molecule has 3 fully saturated rings. The lowest BCUT2D eigenvalue weighted by Crippen LogP contribution is -2.48. The zero-order valence-corrected chi connectivity index (χ0v) is 12.9. The van der Waals surface area contributed by atoms with Crippen LogP contribution < -0.4 is 10.2 Å². The van der Waals surface area contributed by atoms with Gasteiger partial charge in [0.15, 0.2) is 5.82 Å². The van der Waals surface area contributed by atoms with Gasteiger partial charge in [-0.15, -0.1) is 0 Å². The minimum absolute atomic E-state index is 0.0202. The van der Waals surface area contributed by atoms with E-state index in [1.807, 2.05) is 0 Å². The van der Waals surface area contributed by atoms with E-state index in [2.05, 4.69) is 20.2 Å². The summed E-state index contributed by atoms with van der Waals surface area (Å²) in [7, 11) is 0. The number of fused-ring (bicyclic) bond motifs is 1. The highest BCUT2D eigenvalue weighted by molar-refractivity contribution is 5.81. The van der Waals surface area contributed by atoms with Crippen molar-refractivity contribution < 1.29 is 13.9 Å². The number of carbonyl (C=O) groups excluding carboxylic acids is 1. The summed E-state index contributed by atoms with van der Waals surface area (Å²) < 4.78 is 19.0. The van der Waals surface area contributed by atoms with Crippen LogP contribution in [0.1, 0.15) is 32.1 Å². The zero-order valence-electron chi connectivity index (χ0n) is 12.9. The fourth-order valence-corrected chi connectivity index (χ4v) is 3.50. The van der Waals surface area contributed by atoms with Gasteiger partial charge in [-0.1, -0.05) is 0 Å². The predicted octanol–water partition coefficient (Wildman–Crippen LogP) is 1.27. The molecule has 1 aromatic heterocycles. The molecule has 124 valence electrons. The van der Waals surface area contributed by atoms with Crippen LogP contribution in [-0.4, -0.2) is 47.2 Å². The van der Waals surface area contributed by atoms with Gasteiger partial charge in [-0.2, -0.15) is 0 Å². The highest BCUT2D eigenvalue weighted by atomic mass is 19.1. The second-order valence-electron chi connectivity index (χ2n) is 6.68. The maximum atomic E-state index is 13.0. The zero-order chi connectivity index (χ0) is 15.8. The van der Waals surface area contributed by atoms with E-state index in [4.69, 9.17) is 4.74 Å². The Labute approximate surface area is 134 Å². The first kappa shape index (κ1) is 14.8. The largest absolute Gasteiger partial charge is 0.363 e. The third-order valence-electron chi connectivity index (χ3n) is 4.97. The molecular formula is C16H21FN4O2. The second kappa shape index (κ2) is 6.03. The Balaban J connectivity index is 1.36. The van der Waals surface area contributed by atoms with Crippen molar-refractivity contribution in [1.82, 2.24) is 15.3 Å². The highest BCUT2D eigenvalue weighted by Crippen LogP contribution is 2.33. The first-order valence-electron chi connectivity index (χ1n) is 8.38. The van der Waals surface area contributed by atoms with Crippen molar-refractivity contribution in [2.24, 2.45) is 5.92 Å². The molecule has 0 bridgehead atoms. The second-order valence-corrected chi connectivity index (χ2v) is 6.68. The number of amides is 1. The molecule has 0 aromatic carbocycles. The van der Waals surface area contributed by atoms with Gasteiger partial charge in [0.1, 0.15) is 6.10 Å². The third-order valence-corrected chi connectivity index (χ3v) is 4.97. The maximum absolute atomic E-state index is 13.0. The van der Waals surface area contributed by atoms with E-state index < -0.39 is 5.82 Å². The van der Waals surface area contributed by atoms with Crippen molar-refractivity contribution in [1.29, 1.82) is 0 Å². The van der Waals surface area contributed by atoms with Crippen molar-refractivity contribution >= 4 is 11.9 Å². The molecule has 0 unspecified atom stereocenters. The highest BCUT2D eigenvalue weighted by Gasteiger charge is 2.42. The molecule has 1 amide bonds. The molecule has 0 radical (unpaired) electrons. The molecule has 3 heterocycles. The summed E-state index contributed by atoms with van der Waals surface area (Å²) >= 11 is 0. The Hall–Kier alpha value is -1.76. The third kappa shape index (κ3) is 3.15. The van der Waals surface area contributed by atoms with Gasteiger partial charge in [0.05, 0.1) is 24.5 Å². The summed E-state index contributed by atoms with van der Waals surface area (Å²) in [6.07, 6.45) is 6.92. The van der Waals surface area contributed by atoms with E-state index in [1.54, 1.807) is 0 Å². The van der Waals surface area contributed by atoms with Gasteiger partial charge in [0.25, 0.3) is 0 Å². The molecule has 4 rings (SSSR count). The SMILES string of the molecule is O=C(NCC1CC1)[C@@H]1CC[C@@H]2[C@@H](CCN2c2ncc(F)cn2)O1. The Bertz CT molecular complexity index is 578. The van der Waals surface area contributed by atoms with Crippen LogP contribution in [0.2, 0.25) is 0 Å². The van der Waals surface area contributed by atoms with Crippen molar-refractivity contribution in [3.05, 3.63) is 18.2 Å². The summed E-state index contributed by atoms with van der Waals surface area (Å²) in [5.41, 5.74) is 0. The van der Waals surface area contributed by atoms with Crippen LogP contribution in [-0.2, 0) is 9.53 Å². The van der Waals surface area contributed by atoms with Crippen LogP contribution in [0, 0.1) is 11.7 Å². The lowest BCUT2D eigenvalue weighted by molar-refractivity contribution is -0.141. The van der Waals surface area contributed by atoms with Crippen LogP contribution in [0.15, 0.2) is 12.4 Å². The lowest BCUT2D eigenvalue weighted by atomic mass is 9.98. The first-order valence-corrected chi connectivity index (χ1v) is 8.38. The number of nitrogens with zero attached hydrogens (tertiary/aromatic N) is 3. The Morgan fingerprint density at radius 3 is 2.78 bits per heavy atom. The topological polar surface area (TPSA) is 67.4 Å². The number of anilines is 1. The molecule has 2 saturated heterocycles. The van der Waals surface area contributed by atoms with Gasteiger partial charge < -0.3 is 15.0 Å². The van der Waals surface area contributed by atoms with Crippen molar-refractivity contribution in [3.8, 4) is 0 Å². The summed E-state index contributed by atoms with van der Waals surface area (Å²) in [5, 5.41) is 3.00. The summed E-state index contributed by atoms with van der Waals surface area (Å²) in [6.45, 7) is 1.56. The monoisotopic (exact) mass is 320 g/mol. The van der Waals surface area contributed by atoms with Crippen LogP contribution in [0.25, 0.3) is 0 Å². The molecule has 23 heavy (non-hydrogen) atoms. The Kier molecular flexibility index (Phi) is 3.88. The van der Waals surface area contributed by atoms with E-state index >= 15 is 0 Å². The summed E-state index contributed by atoms with van der Waals surface area (Å²) in [6, 6.07) is 0.174. The molecule has 1 N–H and O–H groups in total. The van der Waals surface area contributed by atoms with Gasteiger partial charge >= 0.3 is 0 Å². The molecule has 1 saturated carbocycles. The summed E-state index contributed by atoms with van der Waals surface area (Å²) in [5.74, 6) is 0.802. The number of aromatic nitrogens is 2. The number of hydrogen-bond donors (Lipinski definition) is 1. The van der Waals surface area contributed by atoms with Crippen LogP contribution in [0.4, 0.5) is 10.3 Å². The molecule has 0 spiro atoms. The molecule has 2 aliphatic heterocycles. The number of ether oxygens (including phenoxy) is 1. The van der Waals surface area contributed by atoms with Gasteiger partial charge in [0, 0.05) is 13.1 Å². The van der Waals surface area contributed by atoms with E-state index in [0.29, 0.717) is 18.3 Å². The van der Waals surface area contributed by atoms with Gasteiger partial charge in [-0.3, -0.25) is 4.79 Å².